The Balaban J connectivity index is 2.18. The van der Waals surface area contributed by atoms with Gasteiger partial charge >= 0.3 is 0 Å². The molecule has 0 radical (unpaired) electrons. The van der Waals surface area contributed by atoms with E-state index in [9.17, 15) is 12.8 Å². The average molecular weight is 316 g/mol. The van der Waals surface area contributed by atoms with E-state index in [1.54, 1.807) is 20.1 Å². The summed E-state index contributed by atoms with van der Waals surface area (Å²) in [4.78, 5) is -0.282. The van der Waals surface area contributed by atoms with Crippen LogP contribution in [-0.4, -0.2) is 40.8 Å². The molecule has 2 rings (SSSR count). The van der Waals surface area contributed by atoms with Crippen molar-refractivity contribution in [3.8, 4) is 0 Å². The van der Waals surface area contributed by atoms with Crippen LogP contribution in [0.4, 0.5) is 4.39 Å². The Hall–Kier alpha value is -1.02. The number of ether oxygens (including phenoxy) is 1. The predicted molar refractivity (Wildman–Crippen MR) is 78.2 cm³/mol. The summed E-state index contributed by atoms with van der Waals surface area (Å²) >= 11 is 0. The lowest BCUT2D eigenvalue weighted by atomic mass is 9.99. The van der Waals surface area contributed by atoms with Crippen LogP contribution in [0.2, 0.25) is 0 Å². The molecule has 0 bridgehead atoms. The van der Waals surface area contributed by atoms with Gasteiger partial charge in [-0.25, -0.2) is 17.5 Å². The van der Waals surface area contributed by atoms with Crippen LogP contribution in [-0.2, 0) is 14.8 Å². The van der Waals surface area contributed by atoms with Gasteiger partial charge in [0.15, 0.2) is 0 Å². The molecule has 1 atom stereocenters. The van der Waals surface area contributed by atoms with Crippen molar-refractivity contribution in [2.75, 3.05) is 26.8 Å². The molecule has 7 heteroatoms. The van der Waals surface area contributed by atoms with Gasteiger partial charge in [-0.1, -0.05) is 12.1 Å². The van der Waals surface area contributed by atoms with Gasteiger partial charge in [0, 0.05) is 13.7 Å². The average Bonchev–Trinajstić information content (AvgIpc) is 2.86. The highest BCUT2D eigenvalue weighted by Gasteiger charge is 2.35. The summed E-state index contributed by atoms with van der Waals surface area (Å²) in [6.07, 6.45) is 1.78. The molecule has 118 valence electrons. The van der Waals surface area contributed by atoms with Gasteiger partial charge < -0.3 is 10.1 Å². The number of halogens is 1. The van der Waals surface area contributed by atoms with Crippen LogP contribution in [0.3, 0.4) is 0 Å². The summed E-state index contributed by atoms with van der Waals surface area (Å²) in [5.74, 6) is -0.734. The van der Waals surface area contributed by atoms with Crippen molar-refractivity contribution in [2.24, 2.45) is 0 Å². The van der Waals surface area contributed by atoms with E-state index in [1.807, 2.05) is 0 Å². The zero-order valence-electron chi connectivity index (χ0n) is 12.3. The zero-order chi connectivity index (χ0) is 15.5. The fourth-order valence-electron chi connectivity index (χ4n) is 2.73. The maximum absolute atomic E-state index is 13.8. The molecule has 1 aromatic rings. The van der Waals surface area contributed by atoms with Gasteiger partial charge in [-0.2, -0.15) is 0 Å². The van der Waals surface area contributed by atoms with E-state index in [2.05, 4.69) is 10.0 Å². The molecule has 1 fully saturated rings. The number of hydrogen-bond acceptors (Lipinski definition) is 4. The summed E-state index contributed by atoms with van der Waals surface area (Å²) in [5.41, 5.74) is -0.0243. The molecule has 1 aliphatic heterocycles. The maximum atomic E-state index is 13.8. The minimum atomic E-state index is -3.89. The van der Waals surface area contributed by atoms with E-state index >= 15 is 0 Å². The van der Waals surface area contributed by atoms with E-state index in [0.29, 0.717) is 12.2 Å². The van der Waals surface area contributed by atoms with Crippen LogP contribution in [0.15, 0.2) is 23.1 Å². The van der Waals surface area contributed by atoms with E-state index in [-0.39, 0.29) is 11.4 Å². The van der Waals surface area contributed by atoms with Crippen molar-refractivity contribution in [1.29, 1.82) is 0 Å². The quantitative estimate of drug-likeness (QED) is 0.827. The van der Waals surface area contributed by atoms with Crippen molar-refractivity contribution in [3.63, 3.8) is 0 Å². The van der Waals surface area contributed by atoms with Crippen LogP contribution in [0.25, 0.3) is 0 Å². The second-order valence-corrected chi connectivity index (χ2v) is 7.16. The molecule has 1 saturated heterocycles. The number of nitrogens with one attached hydrogen (secondary N) is 2. The molecule has 0 aromatic heterocycles. The third-order valence-electron chi connectivity index (χ3n) is 3.79. The number of aryl methyl sites for hydroxylation is 1. The number of benzene rings is 1. The smallest absolute Gasteiger partial charge is 0.243 e. The maximum Gasteiger partial charge on any atom is 0.243 e. The Bertz CT molecular complexity index is 578. The SMILES string of the molecule is COCC1(CNS(=O)(=O)c2c(C)cccc2F)CCCN1. The predicted octanol–water partition coefficient (Wildman–Crippen LogP) is 1.18. The summed E-state index contributed by atoms with van der Waals surface area (Å²) in [6, 6.07) is 4.23. The van der Waals surface area contributed by atoms with Gasteiger partial charge in [-0.05, 0) is 37.9 Å². The second kappa shape index (κ2) is 6.39. The molecular formula is C14H21FN2O3S. The number of rotatable bonds is 6. The van der Waals surface area contributed by atoms with Crippen molar-refractivity contribution < 1.29 is 17.5 Å². The lowest BCUT2D eigenvalue weighted by molar-refractivity contribution is 0.122. The zero-order valence-corrected chi connectivity index (χ0v) is 13.1. The van der Waals surface area contributed by atoms with Crippen LogP contribution in [0, 0.1) is 12.7 Å². The van der Waals surface area contributed by atoms with Gasteiger partial charge in [0.05, 0.1) is 12.1 Å². The minimum absolute atomic E-state index is 0.178. The van der Waals surface area contributed by atoms with Crippen molar-refractivity contribution in [1.82, 2.24) is 10.0 Å². The molecule has 21 heavy (non-hydrogen) atoms. The van der Waals surface area contributed by atoms with E-state index in [1.165, 1.54) is 6.07 Å². The topological polar surface area (TPSA) is 67.4 Å². The van der Waals surface area contributed by atoms with Gasteiger partial charge in [0.1, 0.15) is 10.7 Å². The Labute approximate surface area is 124 Å². The van der Waals surface area contributed by atoms with Crippen LogP contribution in [0.5, 0.6) is 0 Å². The summed E-state index contributed by atoms with van der Waals surface area (Å²) in [7, 11) is -2.31. The summed E-state index contributed by atoms with van der Waals surface area (Å²) < 4.78 is 46.2. The molecule has 0 aliphatic carbocycles. The Kier molecular flexibility index (Phi) is 4.98. The Morgan fingerprint density at radius 2 is 2.24 bits per heavy atom. The fraction of sp³-hybridized carbons (Fsp3) is 0.571. The van der Waals surface area contributed by atoms with Gasteiger partial charge in [0.25, 0.3) is 0 Å². The number of sulfonamides is 1. The molecule has 1 unspecified atom stereocenters. The Morgan fingerprint density at radius 1 is 1.48 bits per heavy atom. The van der Waals surface area contributed by atoms with Crippen molar-refractivity contribution in [2.45, 2.75) is 30.2 Å². The molecule has 2 N–H and O–H groups in total. The summed E-state index contributed by atoms with van der Waals surface area (Å²) in [6.45, 7) is 2.99. The monoisotopic (exact) mass is 316 g/mol. The van der Waals surface area contributed by atoms with E-state index in [4.69, 9.17) is 4.74 Å². The normalized spacial score (nSPS) is 22.6. The molecule has 0 amide bonds. The Morgan fingerprint density at radius 3 is 2.81 bits per heavy atom. The first-order chi connectivity index (χ1) is 9.90. The first-order valence-corrected chi connectivity index (χ1v) is 8.37. The number of methoxy groups -OCH3 is 1. The highest BCUT2D eigenvalue weighted by atomic mass is 32.2. The second-order valence-electron chi connectivity index (χ2n) is 5.45. The van der Waals surface area contributed by atoms with Gasteiger partial charge in [-0.15, -0.1) is 0 Å². The first-order valence-electron chi connectivity index (χ1n) is 6.89. The standard InChI is InChI=1S/C14H21FN2O3S/c1-11-5-3-6-12(15)13(11)21(18,19)17-9-14(10-20-2)7-4-8-16-14/h3,5-6,16-17H,4,7-10H2,1-2H3. The lowest BCUT2D eigenvalue weighted by Crippen LogP contribution is -2.53. The van der Waals surface area contributed by atoms with Crippen LogP contribution < -0.4 is 10.0 Å². The summed E-state index contributed by atoms with van der Waals surface area (Å²) in [5, 5.41) is 3.28. The molecule has 0 spiro atoms. The highest BCUT2D eigenvalue weighted by Crippen LogP contribution is 2.22. The third kappa shape index (κ3) is 3.60. The molecule has 1 heterocycles. The third-order valence-corrected chi connectivity index (χ3v) is 5.36. The fourth-order valence-corrected chi connectivity index (χ4v) is 4.16. The van der Waals surface area contributed by atoms with Crippen LogP contribution >= 0.6 is 0 Å². The van der Waals surface area contributed by atoms with Crippen molar-refractivity contribution in [3.05, 3.63) is 29.6 Å². The lowest BCUT2D eigenvalue weighted by Gasteiger charge is -2.29. The van der Waals surface area contributed by atoms with Gasteiger partial charge in [0.2, 0.25) is 10.0 Å². The number of hydrogen-bond donors (Lipinski definition) is 2. The van der Waals surface area contributed by atoms with Crippen LogP contribution in [0.1, 0.15) is 18.4 Å². The van der Waals surface area contributed by atoms with Crippen molar-refractivity contribution >= 4 is 10.0 Å². The molecule has 0 saturated carbocycles. The molecule has 1 aliphatic rings. The first kappa shape index (κ1) is 16.4. The van der Waals surface area contributed by atoms with E-state index < -0.39 is 21.4 Å². The molecule has 1 aromatic carbocycles. The van der Waals surface area contributed by atoms with E-state index in [0.717, 1.165) is 25.5 Å². The van der Waals surface area contributed by atoms with Gasteiger partial charge in [-0.3, -0.25) is 0 Å². The molecular weight excluding hydrogens is 295 g/mol. The highest BCUT2D eigenvalue weighted by molar-refractivity contribution is 7.89. The largest absolute Gasteiger partial charge is 0.383 e. The minimum Gasteiger partial charge on any atom is -0.383 e. The molecule has 5 nitrogen and oxygen atoms in total.